The second-order valence-corrected chi connectivity index (χ2v) is 5.99. The molecule has 0 amide bonds. The highest BCUT2D eigenvalue weighted by Gasteiger charge is 2.19. The summed E-state index contributed by atoms with van der Waals surface area (Å²) in [6.07, 6.45) is 11.7. The topological polar surface area (TPSA) is 15.3 Å². The molecule has 2 aliphatic rings. The molecule has 1 saturated carbocycles. The third-order valence-electron chi connectivity index (χ3n) is 4.56. The molecular formula is C15H30N2. The lowest BCUT2D eigenvalue weighted by molar-refractivity contribution is 0.186. The van der Waals surface area contributed by atoms with Crippen LogP contribution in [-0.4, -0.2) is 37.1 Å². The number of rotatable bonds is 6. The van der Waals surface area contributed by atoms with Crippen LogP contribution in [0.25, 0.3) is 0 Å². The maximum Gasteiger partial charge on any atom is 0.0195 e. The number of piperidine rings is 1. The van der Waals surface area contributed by atoms with Gasteiger partial charge in [0, 0.05) is 12.6 Å². The SMILES string of the molecule is CCNC1CCCN(CCCC2CCCC2)C1. The van der Waals surface area contributed by atoms with Crippen LogP contribution in [0.2, 0.25) is 0 Å². The molecule has 17 heavy (non-hydrogen) atoms. The Kier molecular flexibility index (Phi) is 5.79. The second kappa shape index (κ2) is 7.38. The van der Waals surface area contributed by atoms with Gasteiger partial charge in [-0.1, -0.05) is 32.6 Å². The van der Waals surface area contributed by atoms with Gasteiger partial charge in [0.15, 0.2) is 0 Å². The van der Waals surface area contributed by atoms with Gasteiger partial charge in [-0.3, -0.25) is 0 Å². The first kappa shape index (κ1) is 13.4. The van der Waals surface area contributed by atoms with E-state index in [4.69, 9.17) is 0 Å². The summed E-state index contributed by atoms with van der Waals surface area (Å²) < 4.78 is 0. The first-order chi connectivity index (χ1) is 8.38. The van der Waals surface area contributed by atoms with E-state index in [1.807, 2.05) is 0 Å². The third kappa shape index (κ3) is 4.59. The molecular weight excluding hydrogens is 208 g/mol. The number of nitrogens with one attached hydrogen (secondary N) is 1. The van der Waals surface area contributed by atoms with Crippen LogP contribution in [0, 0.1) is 5.92 Å². The van der Waals surface area contributed by atoms with Crippen molar-refractivity contribution < 1.29 is 0 Å². The average molecular weight is 238 g/mol. The summed E-state index contributed by atoms with van der Waals surface area (Å²) >= 11 is 0. The summed E-state index contributed by atoms with van der Waals surface area (Å²) in [5.74, 6) is 1.07. The van der Waals surface area contributed by atoms with Crippen molar-refractivity contribution >= 4 is 0 Å². The lowest BCUT2D eigenvalue weighted by Gasteiger charge is -2.33. The van der Waals surface area contributed by atoms with Crippen molar-refractivity contribution in [2.45, 2.75) is 64.3 Å². The molecule has 0 radical (unpaired) electrons. The van der Waals surface area contributed by atoms with Crippen LogP contribution in [-0.2, 0) is 0 Å². The van der Waals surface area contributed by atoms with E-state index in [0.717, 1.165) is 18.5 Å². The highest BCUT2D eigenvalue weighted by atomic mass is 15.2. The summed E-state index contributed by atoms with van der Waals surface area (Å²) in [7, 11) is 0. The van der Waals surface area contributed by atoms with E-state index < -0.39 is 0 Å². The fourth-order valence-electron chi connectivity index (χ4n) is 3.62. The maximum absolute atomic E-state index is 3.60. The molecule has 2 nitrogen and oxygen atoms in total. The number of hydrogen-bond acceptors (Lipinski definition) is 2. The van der Waals surface area contributed by atoms with Gasteiger partial charge >= 0.3 is 0 Å². The van der Waals surface area contributed by atoms with Crippen molar-refractivity contribution in [3.05, 3.63) is 0 Å². The van der Waals surface area contributed by atoms with E-state index in [1.165, 1.54) is 71.0 Å². The van der Waals surface area contributed by atoms with Crippen molar-refractivity contribution in [3.63, 3.8) is 0 Å². The molecule has 0 aromatic carbocycles. The fraction of sp³-hybridized carbons (Fsp3) is 1.00. The number of likely N-dealkylation sites (N-methyl/N-ethyl adjacent to an activating group) is 1. The van der Waals surface area contributed by atoms with E-state index in [-0.39, 0.29) is 0 Å². The third-order valence-corrected chi connectivity index (χ3v) is 4.56. The first-order valence-corrected chi connectivity index (χ1v) is 7.84. The smallest absolute Gasteiger partial charge is 0.0195 e. The quantitative estimate of drug-likeness (QED) is 0.765. The summed E-state index contributed by atoms with van der Waals surface area (Å²) in [5, 5.41) is 3.60. The van der Waals surface area contributed by atoms with Gasteiger partial charge < -0.3 is 10.2 Å². The van der Waals surface area contributed by atoms with E-state index in [1.54, 1.807) is 0 Å². The molecule has 100 valence electrons. The Morgan fingerprint density at radius 3 is 2.71 bits per heavy atom. The van der Waals surface area contributed by atoms with Crippen molar-refractivity contribution in [2.75, 3.05) is 26.2 Å². The summed E-state index contributed by atoms with van der Waals surface area (Å²) in [6, 6.07) is 0.764. The lowest BCUT2D eigenvalue weighted by atomic mass is 10.0. The normalized spacial score (nSPS) is 27.7. The summed E-state index contributed by atoms with van der Waals surface area (Å²) in [6.45, 7) is 7.32. The average Bonchev–Trinajstić information content (AvgIpc) is 2.83. The molecule has 0 aromatic heterocycles. The zero-order valence-corrected chi connectivity index (χ0v) is 11.6. The van der Waals surface area contributed by atoms with E-state index in [2.05, 4.69) is 17.1 Å². The van der Waals surface area contributed by atoms with Gasteiger partial charge in [-0.2, -0.15) is 0 Å². The Hall–Kier alpha value is -0.0800. The molecule has 1 atom stereocenters. The van der Waals surface area contributed by atoms with Gasteiger partial charge in [-0.25, -0.2) is 0 Å². The van der Waals surface area contributed by atoms with E-state index >= 15 is 0 Å². The number of likely N-dealkylation sites (tertiary alicyclic amines) is 1. The largest absolute Gasteiger partial charge is 0.313 e. The highest BCUT2D eigenvalue weighted by Crippen LogP contribution is 2.28. The van der Waals surface area contributed by atoms with Crippen LogP contribution < -0.4 is 5.32 Å². The van der Waals surface area contributed by atoms with Crippen LogP contribution in [0.15, 0.2) is 0 Å². The van der Waals surface area contributed by atoms with E-state index in [9.17, 15) is 0 Å². The van der Waals surface area contributed by atoms with Crippen molar-refractivity contribution in [1.82, 2.24) is 10.2 Å². The van der Waals surface area contributed by atoms with Crippen LogP contribution in [0.3, 0.4) is 0 Å². The minimum atomic E-state index is 0.764. The second-order valence-electron chi connectivity index (χ2n) is 5.99. The van der Waals surface area contributed by atoms with E-state index in [0.29, 0.717) is 0 Å². The minimum Gasteiger partial charge on any atom is -0.313 e. The zero-order chi connectivity index (χ0) is 11.9. The zero-order valence-electron chi connectivity index (χ0n) is 11.6. The Morgan fingerprint density at radius 1 is 1.12 bits per heavy atom. The van der Waals surface area contributed by atoms with Crippen LogP contribution in [0.4, 0.5) is 0 Å². The van der Waals surface area contributed by atoms with Gasteiger partial charge in [0.05, 0.1) is 0 Å². The summed E-state index contributed by atoms with van der Waals surface area (Å²) in [4.78, 5) is 2.69. The number of nitrogens with zero attached hydrogens (tertiary/aromatic N) is 1. The van der Waals surface area contributed by atoms with Crippen molar-refractivity contribution in [1.29, 1.82) is 0 Å². The first-order valence-electron chi connectivity index (χ1n) is 7.84. The Bertz CT molecular complexity index is 197. The lowest BCUT2D eigenvalue weighted by Crippen LogP contribution is -2.45. The molecule has 1 saturated heterocycles. The van der Waals surface area contributed by atoms with Gasteiger partial charge in [0.1, 0.15) is 0 Å². The molecule has 0 spiro atoms. The molecule has 2 rings (SSSR count). The molecule has 1 unspecified atom stereocenters. The molecule has 0 aromatic rings. The predicted molar refractivity (Wildman–Crippen MR) is 74.3 cm³/mol. The minimum absolute atomic E-state index is 0.764. The van der Waals surface area contributed by atoms with Gasteiger partial charge in [0.25, 0.3) is 0 Å². The van der Waals surface area contributed by atoms with Gasteiger partial charge in [0.2, 0.25) is 0 Å². The van der Waals surface area contributed by atoms with Crippen LogP contribution in [0.5, 0.6) is 0 Å². The molecule has 1 heterocycles. The van der Waals surface area contributed by atoms with Crippen LogP contribution in [0.1, 0.15) is 58.3 Å². The molecule has 1 N–H and O–H groups in total. The van der Waals surface area contributed by atoms with Gasteiger partial charge in [-0.15, -0.1) is 0 Å². The predicted octanol–water partition coefficient (Wildman–Crippen LogP) is 3.03. The maximum atomic E-state index is 3.60. The Balaban J connectivity index is 1.58. The monoisotopic (exact) mass is 238 g/mol. The Morgan fingerprint density at radius 2 is 1.94 bits per heavy atom. The van der Waals surface area contributed by atoms with Crippen molar-refractivity contribution in [2.24, 2.45) is 5.92 Å². The molecule has 1 aliphatic heterocycles. The Labute approximate surface area is 107 Å². The van der Waals surface area contributed by atoms with Gasteiger partial charge in [-0.05, 0) is 51.2 Å². The highest BCUT2D eigenvalue weighted by molar-refractivity contribution is 4.78. The molecule has 1 aliphatic carbocycles. The van der Waals surface area contributed by atoms with Crippen molar-refractivity contribution in [3.8, 4) is 0 Å². The summed E-state index contributed by atoms with van der Waals surface area (Å²) in [5.41, 5.74) is 0. The molecule has 2 fully saturated rings. The van der Waals surface area contributed by atoms with Crippen LogP contribution >= 0.6 is 0 Å². The number of hydrogen-bond donors (Lipinski definition) is 1. The molecule has 0 bridgehead atoms. The molecule has 2 heteroatoms. The fourth-order valence-corrected chi connectivity index (χ4v) is 3.62. The standard InChI is InChI=1S/C15H30N2/c1-2-16-15-10-6-12-17(13-15)11-5-9-14-7-3-4-8-14/h14-16H,2-13H2,1H3.